The summed E-state index contributed by atoms with van der Waals surface area (Å²) in [7, 11) is 1.65. The number of methoxy groups -OCH3 is 1. The number of hydrogen-bond acceptors (Lipinski definition) is 2. The Labute approximate surface area is 122 Å². The van der Waals surface area contributed by atoms with Gasteiger partial charge in [0.25, 0.3) is 0 Å². The highest BCUT2D eigenvalue weighted by atomic mass is 19.1. The van der Waals surface area contributed by atoms with Crippen LogP contribution in [-0.2, 0) is 6.42 Å². The van der Waals surface area contributed by atoms with Gasteiger partial charge in [0, 0.05) is 17.7 Å². The topological polar surface area (TPSA) is 37.9 Å². The summed E-state index contributed by atoms with van der Waals surface area (Å²) in [6.07, 6.45) is 0.762. The molecular formula is C17H15FN2O. The largest absolute Gasteiger partial charge is 0.497 e. The summed E-state index contributed by atoms with van der Waals surface area (Å²) >= 11 is 0. The van der Waals surface area contributed by atoms with Crippen molar-refractivity contribution < 1.29 is 9.13 Å². The summed E-state index contributed by atoms with van der Waals surface area (Å²) in [6.45, 7) is 0. The minimum Gasteiger partial charge on any atom is -0.497 e. The lowest BCUT2D eigenvalue weighted by Gasteiger charge is -2.01. The average molecular weight is 282 g/mol. The third-order valence-corrected chi connectivity index (χ3v) is 3.32. The number of halogens is 1. The Morgan fingerprint density at radius 1 is 1.05 bits per heavy atom. The van der Waals surface area contributed by atoms with Gasteiger partial charge in [-0.2, -0.15) is 5.10 Å². The first-order valence-electron chi connectivity index (χ1n) is 6.68. The first-order valence-corrected chi connectivity index (χ1v) is 6.68. The summed E-state index contributed by atoms with van der Waals surface area (Å²) in [5.41, 5.74) is 3.90. The molecular weight excluding hydrogens is 267 g/mol. The van der Waals surface area contributed by atoms with Crippen LogP contribution in [-0.4, -0.2) is 17.3 Å². The van der Waals surface area contributed by atoms with Gasteiger partial charge in [-0.25, -0.2) is 4.39 Å². The van der Waals surface area contributed by atoms with Crippen molar-refractivity contribution in [3.05, 3.63) is 71.7 Å². The van der Waals surface area contributed by atoms with Crippen molar-refractivity contribution in [2.24, 2.45) is 0 Å². The molecule has 1 heterocycles. The molecule has 4 heteroatoms. The van der Waals surface area contributed by atoms with Gasteiger partial charge < -0.3 is 4.74 Å². The van der Waals surface area contributed by atoms with Crippen LogP contribution in [0.3, 0.4) is 0 Å². The van der Waals surface area contributed by atoms with Gasteiger partial charge in [0.1, 0.15) is 11.6 Å². The lowest BCUT2D eigenvalue weighted by Crippen LogP contribution is -1.89. The van der Waals surface area contributed by atoms with Crippen LogP contribution in [0, 0.1) is 5.82 Å². The Hall–Kier alpha value is -2.62. The van der Waals surface area contributed by atoms with Crippen molar-refractivity contribution in [3.63, 3.8) is 0 Å². The molecule has 0 fully saturated rings. The second-order valence-electron chi connectivity index (χ2n) is 4.81. The van der Waals surface area contributed by atoms with Gasteiger partial charge in [0.15, 0.2) is 0 Å². The first kappa shape index (κ1) is 13.4. The number of aromatic amines is 1. The molecule has 0 amide bonds. The van der Waals surface area contributed by atoms with E-state index in [1.807, 2.05) is 30.3 Å². The van der Waals surface area contributed by atoms with Gasteiger partial charge in [-0.1, -0.05) is 12.1 Å². The van der Waals surface area contributed by atoms with Crippen molar-refractivity contribution >= 4 is 0 Å². The summed E-state index contributed by atoms with van der Waals surface area (Å²) in [6, 6.07) is 16.2. The van der Waals surface area contributed by atoms with Gasteiger partial charge in [-0.05, 0) is 48.0 Å². The normalized spacial score (nSPS) is 10.6. The van der Waals surface area contributed by atoms with E-state index in [1.165, 1.54) is 17.7 Å². The fourth-order valence-electron chi connectivity index (χ4n) is 2.18. The third-order valence-electron chi connectivity index (χ3n) is 3.32. The first-order chi connectivity index (χ1) is 10.2. The molecule has 0 spiro atoms. The molecule has 2 aromatic carbocycles. The zero-order chi connectivity index (χ0) is 14.7. The van der Waals surface area contributed by atoms with E-state index in [4.69, 9.17) is 4.74 Å². The predicted molar refractivity (Wildman–Crippen MR) is 79.8 cm³/mol. The quantitative estimate of drug-likeness (QED) is 0.790. The molecule has 0 aliphatic carbocycles. The SMILES string of the molecule is COc1ccc(Cc2cc(-c3ccc(F)cc3)n[nH]2)cc1. The number of benzene rings is 2. The minimum absolute atomic E-state index is 0.243. The Morgan fingerprint density at radius 3 is 2.43 bits per heavy atom. The number of nitrogens with one attached hydrogen (secondary N) is 1. The molecule has 0 aliphatic rings. The van der Waals surface area contributed by atoms with Crippen LogP contribution >= 0.6 is 0 Å². The number of nitrogens with zero attached hydrogens (tertiary/aromatic N) is 1. The van der Waals surface area contributed by atoms with E-state index in [2.05, 4.69) is 10.2 Å². The van der Waals surface area contributed by atoms with Gasteiger partial charge >= 0.3 is 0 Å². The zero-order valence-corrected chi connectivity index (χ0v) is 11.6. The Bertz CT molecular complexity index is 717. The standard InChI is InChI=1S/C17H15FN2O/c1-21-16-8-2-12(3-9-16)10-15-11-17(20-19-15)13-4-6-14(18)7-5-13/h2-9,11H,10H2,1H3,(H,19,20). The minimum atomic E-state index is -0.243. The molecule has 21 heavy (non-hydrogen) atoms. The molecule has 3 nitrogen and oxygen atoms in total. The van der Waals surface area contributed by atoms with E-state index in [1.54, 1.807) is 19.2 Å². The van der Waals surface area contributed by atoms with Crippen LogP contribution in [0.25, 0.3) is 11.3 Å². The van der Waals surface area contributed by atoms with E-state index in [0.29, 0.717) is 0 Å². The Kier molecular flexibility index (Phi) is 3.69. The van der Waals surface area contributed by atoms with Gasteiger partial charge in [-0.3, -0.25) is 5.10 Å². The van der Waals surface area contributed by atoms with Crippen molar-refractivity contribution in [1.29, 1.82) is 0 Å². The highest BCUT2D eigenvalue weighted by molar-refractivity contribution is 5.59. The molecule has 0 bridgehead atoms. The van der Waals surface area contributed by atoms with Crippen LogP contribution < -0.4 is 4.74 Å². The lowest BCUT2D eigenvalue weighted by atomic mass is 10.1. The average Bonchev–Trinajstić information content (AvgIpc) is 2.97. The van der Waals surface area contributed by atoms with Crippen LogP contribution in [0.4, 0.5) is 4.39 Å². The summed E-state index contributed by atoms with van der Waals surface area (Å²) in [5.74, 6) is 0.600. The van der Waals surface area contributed by atoms with Gasteiger partial charge in [0.2, 0.25) is 0 Å². The smallest absolute Gasteiger partial charge is 0.123 e. The van der Waals surface area contributed by atoms with E-state index in [9.17, 15) is 4.39 Å². The summed E-state index contributed by atoms with van der Waals surface area (Å²) in [4.78, 5) is 0. The van der Waals surface area contributed by atoms with Crippen molar-refractivity contribution in [2.45, 2.75) is 6.42 Å². The van der Waals surface area contributed by atoms with Crippen LogP contribution in [0.5, 0.6) is 5.75 Å². The molecule has 0 unspecified atom stereocenters. The van der Waals surface area contributed by atoms with E-state index in [-0.39, 0.29) is 5.82 Å². The number of H-pyrrole nitrogens is 1. The molecule has 0 radical (unpaired) electrons. The molecule has 1 N–H and O–H groups in total. The summed E-state index contributed by atoms with van der Waals surface area (Å²) < 4.78 is 18.1. The predicted octanol–water partition coefficient (Wildman–Crippen LogP) is 3.82. The van der Waals surface area contributed by atoms with Crippen molar-refractivity contribution in [1.82, 2.24) is 10.2 Å². The van der Waals surface area contributed by atoms with Crippen molar-refractivity contribution in [3.8, 4) is 17.0 Å². The van der Waals surface area contributed by atoms with E-state index < -0.39 is 0 Å². The van der Waals surface area contributed by atoms with Crippen LogP contribution in [0.2, 0.25) is 0 Å². The molecule has 3 rings (SSSR count). The zero-order valence-electron chi connectivity index (χ0n) is 11.6. The maximum absolute atomic E-state index is 12.9. The van der Waals surface area contributed by atoms with Gasteiger partial charge in [0.05, 0.1) is 12.8 Å². The Morgan fingerprint density at radius 2 is 1.76 bits per heavy atom. The maximum atomic E-state index is 12.9. The highest BCUT2D eigenvalue weighted by Gasteiger charge is 2.05. The number of rotatable bonds is 4. The number of ether oxygens (including phenoxy) is 1. The maximum Gasteiger partial charge on any atom is 0.123 e. The number of hydrogen-bond donors (Lipinski definition) is 1. The lowest BCUT2D eigenvalue weighted by molar-refractivity contribution is 0.414. The fourth-order valence-corrected chi connectivity index (χ4v) is 2.18. The molecule has 0 saturated heterocycles. The molecule has 106 valence electrons. The molecule has 0 atom stereocenters. The van der Waals surface area contributed by atoms with Crippen molar-refractivity contribution in [2.75, 3.05) is 7.11 Å². The third kappa shape index (κ3) is 3.11. The van der Waals surface area contributed by atoms with Gasteiger partial charge in [-0.15, -0.1) is 0 Å². The fraction of sp³-hybridized carbons (Fsp3) is 0.118. The van der Waals surface area contributed by atoms with Crippen LogP contribution in [0.1, 0.15) is 11.3 Å². The molecule has 0 saturated carbocycles. The second kappa shape index (κ2) is 5.79. The highest BCUT2D eigenvalue weighted by Crippen LogP contribution is 2.20. The second-order valence-corrected chi connectivity index (χ2v) is 4.81. The monoisotopic (exact) mass is 282 g/mol. The number of aromatic nitrogens is 2. The summed E-state index contributed by atoms with van der Waals surface area (Å²) in [5, 5.41) is 7.29. The molecule has 3 aromatic rings. The molecule has 1 aromatic heterocycles. The van der Waals surface area contributed by atoms with Crippen LogP contribution in [0.15, 0.2) is 54.6 Å². The van der Waals surface area contributed by atoms with E-state index >= 15 is 0 Å². The van der Waals surface area contributed by atoms with E-state index in [0.717, 1.165) is 29.1 Å². The molecule has 0 aliphatic heterocycles. The Balaban J connectivity index is 1.76.